The molecule has 0 radical (unpaired) electrons. The minimum Gasteiger partial charge on any atom is -0.496 e. The van der Waals surface area contributed by atoms with E-state index in [1.165, 1.54) is 5.56 Å². The van der Waals surface area contributed by atoms with E-state index in [4.69, 9.17) is 10.5 Å². The molecular weight excluding hydrogens is 228 g/mol. The summed E-state index contributed by atoms with van der Waals surface area (Å²) in [7, 11) is 1.67. The van der Waals surface area contributed by atoms with Crippen LogP contribution >= 0.6 is 0 Å². The van der Waals surface area contributed by atoms with Gasteiger partial charge in [0, 0.05) is 31.7 Å². The number of β-amino-alcohol motifs (C(OH)–C–C–N with tert-alkyl or cyclic N) is 1. The van der Waals surface area contributed by atoms with Crippen LogP contribution in [0.2, 0.25) is 0 Å². The maximum atomic E-state index is 9.94. The zero-order valence-electron chi connectivity index (χ0n) is 11.1. The van der Waals surface area contributed by atoms with Gasteiger partial charge in [0.25, 0.3) is 0 Å². The van der Waals surface area contributed by atoms with Gasteiger partial charge in [-0.25, -0.2) is 0 Å². The highest BCUT2D eigenvalue weighted by Crippen LogP contribution is 2.24. The van der Waals surface area contributed by atoms with Crippen LogP contribution in [0.1, 0.15) is 24.5 Å². The maximum absolute atomic E-state index is 9.94. The van der Waals surface area contributed by atoms with Crippen LogP contribution in [-0.4, -0.2) is 35.8 Å². The Labute approximate surface area is 108 Å². The van der Waals surface area contributed by atoms with Crippen LogP contribution in [0.15, 0.2) is 18.2 Å². The molecule has 4 heteroatoms. The molecule has 1 aliphatic heterocycles. The van der Waals surface area contributed by atoms with E-state index in [0.29, 0.717) is 6.54 Å². The van der Waals surface area contributed by atoms with Crippen LogP contribution in [0.3, 0.4) is 0 Å². The zero-order chi connectivity index (χ0) is 13.2. The molecule has 0 spiro atoms. The summed E-state index contributed by atoms with van der Waals surface area (Å²) in [4.78, 5) is 2.26. The Morgan fingerprint density at radius 1 is 1.50 bits per heavy atom. The van der Waals surface area contributed by atoms with Crippen molar-refractivity contribution in [3.63, 3.8) is 0 Å². The lowest BCUT2D eigenvalue weighted by Crippen LogP contribution is -2.29. The number of nitrogens with zero attached hydrogens (tertiary/aromatic N) is 1. The number of likely N-dealkylation sites (tertiary alicyclic amines) is 1. The number of aliphatic hydroxyl groups is 1. The van der Waals surface area contributed by atoms with E-state index in [9.17, 15) is 5.11 Å². The molecule has 100 valence electrons. The van der Waals surface area contributed by atoms with Crippen molar-refractivity contribution in [1.82, 2.24) is 4.90 Å². The van der Waals surface area contributed by atoms with Crippen molar-refractivity contribution in [3.8, 4) is 5.75 Å². The summed E-state index contributed by atoms with van der Waals surface area (Å²) in [5.41, 5.74) is 7.33. The highest BCUT2D eigenvalue weighted by Gasteiger charge is 2.30. The summed E-state index contributed by atoms with van der Waals surface area (Å²) in [6.07, 6.45) is 0.838. The molecule has 1 unspecified atom stereocenters. The summed E-state index contributed by atoms with van der Waals surface area (Å²) in [6.45, 7) is 4.90. The molecule has 1 heterocycles. The number of hydrogen-bond donors (Lipinski definition) is 2. The smallest absolute Gasteiger partial charge is 0.123 e. The number of methoxy groups -OCH3 is 1. The van der Waals surface area contributed by atoms with Crippen LogP contribution in [0.5, 0.6) is 5.75 Å². The lowest BCUT2D eigenvalue weighted by Gasteiger charge is -2.19. The average molecular weight is 250 g/mol. The molecule has 1 fully saturated rings. The average Bonchev–Trinajstić information content (AvgIpc) is 2.68. The van der Waals surface area contributed by atoms with Gasteiger partial charge in [-0.05, 0) is 25.0 Å². The Bertz CT molecular complexity index is 418. The fourth-order valence-corrected chi connectivity index (χ4v) is 2.49. The second kappa shape index (κ2) is 5.26. The predicted octanol–water partition coefficient (Wildman–Crippen LogP) is 1.11. The van der Waals surface area contributed by atoms with Crippen molar-refractivity contribution >= 4 is 0 Å². The Hall–Kier alpha value is -1.10. The van der Waals surface area contributed by atoms with Crippen molar-refractivity contribution in [1.29, 1.82) is 0 Å². The number of benzene rings is 1. The molecule has 1 aromatic rings. The molecule has 0 aliphatic carbocycles. The first-order chi connectivity index (χ1) is 8.54. The summed E-state index contributed by atoms with van der Waals surface area (Å²) in [5, 5.41) is 9.94. The highest BCUT2D eigenvalue weighted by atomic mass is 16.5. The molecule has 1 aliphatic rings. The normalized spacial score (nSPS) is 24.4. The van der Waals surface area contributed by atoms with Gasteiger partial charge in [-0.2, -0.15) is 0 Å². The SMILES string of the molecule is COc1cc(CN2CCC(C)(O)C2)ccc1CN. The summed E-state index contributed by atoms with van der Waals surface area (Å²) >= 11 is 0. The number of nitrogens with two attached hydrogens (primary N) is 1. The quantitative estimate of drug-likeness (QED) is 0.840. The summed E-state index contributed by atoms with van der Waals surface area (Å²) in [5.74, 6) is 0.848. The first-order valence-corrected chi connectivity index (χ1v) is 6.35. The Balaban J connectivity index is 2.06. The molecule has 1 aromatic carbocycles. The van der Waals surface area contributed by atoms with Crippen molar-refractivity contribution in [2.45, 2.75) is 32.0 Å². The van der Waals surface area contributed by atoms with Crippen molar-refractivity contribution in [3.05, 3.63) is 29.3 Å². The zero-order valence-corrected chi connectivity index (χ0v) is 11.1. The van der Waals surface area contributed by atoms with E-state index in [2.05, 4.69) is 11.0 Å². The van der Waals surface area contributed by atoms with Crippen LogP contribution < -0.4 is 10.5 Å². The molecule has 2 rings (SSSR count). The third-order valence-electron chi connectivity index (χ3n) is 3.51. The van der Waals surface area contributed by atoms with Crippen LogP contribution in [0, 0.1) is 0 Å². The molecule has 0 saturated carbocycles. The molecular formula is C14H22N2O2. The summed E-state index contributed by atoms with van der Waals surface area (Å²) in [6, 6.07) is 6.13. The van der Waals surface area contributed by atoms with Crippen molar-refractivity contribution < 1.29 is 9.84 Å². The standard InChI is InChI=1S/C14H22N2O2/c1-14(17)5-6-16(10-14)9-11-3-4-12(8-15)13(7-11)18-2/h3-4,7,17H,5-6,8-10,15H2,1-2H3. The van der Waals surface area contributed by atoms with E-state index < -0.39 is 5.60 Å². The molecule has 4 nitrogen and oxygen atoms in total. The van der Waals surface area contributed by atoms with E-state index in [0.717, 1.165) is 37.4 Å². The monoisotopic (exact) mass is 250 g/mol. The highest BCUT2D eigenvalue weighted by molar-refractivity contribution is 5.37. The third kappa shape index (κ3) is 3.02. The number of hydrogen-bond acceptors (Lipinski definition) is 4. The molecule has 0 aromatic heterocycles. The molecule has 1 atom stereocenters. The van der Waals surface area contributed by atoms with Crippen molar-refractivity contribution in [2.75, 3.05) is 20.2 Å². The lowest BCUT2D eigenvalue weighted by molar-refractivity contribution is 0.0679. The molecule has 3 N–H and O–H groups in total. The predicted molar refractivity (Wildman–Crippen MR) is 71.4 cm³/mol. The summed E-state index contributed by atoms with van der Waals surface area (Å²) < 4.78 is 5.33. The Morgan fingerprint density at radius 2 is 2.28 bits per heavy atom. The fraction of sp³-hybridized carbons (Fsp3) is 0.571. The van der Waals surface area contributed by atoms with Gasteiger partial charge >= 0.3 is 0 Å². The van der Waals surface area contributed by atoms with E-state index in [1.54, 1.807) is 7.11 Å². The molecule has 1 saturated heterocycles. The van der Waals surface area contributed by atoms with Crippen LogP contribution in [0.25, 0.3) is 0 Å². The molecule has 0 bridgehead atoms. The van der Waals surface area contributed by atoms with E-state index in [1.807, 2.05) is 19.1 Å². The number of rotatable bonds is 4. The Morgan fingerprint density at radius 3 is 2.83 bits per heavy atom. The second-order valence-electron chi connectivity index (χ2n) is 5.31. The van der Waals surface area contributed by atoms with Crippen LogP contribution in [0.4, 0.5) is 0 Å². The maximum Gasteiger partial charge on any atom is 0.123 e. The second-order valence-corrected chi connectivity index (χ2v) is 5.31. The largest absolute Gasteiger partial charge is 0.496 e. The van der Waals surface area contributed by atoms with Gasteiger partial charge in [0.2, 0.25) is 0 Å². The van der Waals surface area contributed by atoms with Gasteiger partial charge in [-0.15, -0.1) is 0 Å². The fourth-order valence-electron chi connectivity index (χ4n) is 2.49. The molecule has 18 heavy (non-hydrogen) atoms. The van der Waals surface area contributed by atoms with E-state index >= 15 is 0 Å². The van der Waals surface area contributed by atoms with Crippen LogP contribution in [-0.2, 0) is 13.1 Å². The van der Waals surface area contributed by atoms with Gasteiger partial charge in [0.1, 0.15) is 5.75 Å². The Kier molecular flexibility index (Phi) is 3.90. The minimum atomic E-state index is -0.540. The first-order valence-electron chi connectivity index (χ1n) is 6.35. The van der Waals surface area contributed by atoms with Gasteiger partial charge in [-0.3, -0.25) is 4.90 Å². The lowest BCUT2D eigenvalue weighted by atomic mass is 10.1. The van der Waals surface area contributed by atoms with Crippen molar-refractivity contribution in [2.24, 2.45) is 5.73 Å². The van der Waals surface area contributed by atoms with E-state index in [-0.39, 0.29) is 0 Å². The molecule has 0 amide bonds. The van der Waals surface area contributed by atoms with Gasteiger partial charge < -0.3 is 15.6 Å². The van der Waals surface area contributed by atoms with Gasteiger partial charge in [-0.1, -0.05) is 12.1 Å². The first kappa shape index (κ1) is 13.3. The third-order valence-corrected chi connectivity index (χ3v) is 3.51. The minimum absolute atomic E-state index is 0.488. The van der Waals surface area contributed by atoms with Gasteiger partial charge in [0.05, 0.1) is 12.7 Å². The topological polar surface area (TPSA) is 58.7 Å². The number of ether oxygens (including phenoxy) is 1. The van der Waals surface area contributed by atoms with Gasteiger partial charge in [0.15, 0.2) is 0 Å².